The van der Waals surface area contributed by atoms with E-state index < -0.39 is 0 Å². The Morgan fingerprint density at radius 2 is 2.26 bits per heavy atom. The predicted molar refractivity (Wildman–Crippen MR) is 90.1 cm³/mol. The number of ether oxygens (including phenoxy) is 1. The Morgan fingerprint density at radius 1 is 1.43 bits per heavy atom. The average Bonchev–Trinajstić information content (AvgIpc) is 2.94. The normalized spacial score (nSPS) is 20.5. The molecule has 1 aromatic carbocycles. The molecule has 1 fully saturated rings. The Bertz CT molecular complexity index is 678. The summed E-state index contributed by atoms with van der Waals surface area (Å²) in [5, 5.41) is 8.63. The van der Waals surface area contributed by atoms with Crippen LogP contribution < -0.4 is 5.32 Å². The molecule has 0 aliphatic carbocycles. The van der Waals surface area contributed by atoms with Crippen LogP contribution in [0.5, 0.6) is 0 Å². The van der Waals surface area contributed by atoms with Gasteiger partial charge >= 0.3 is 0 Å². The van der Waals surface area contributed by atoms with Crippen molar-refractivity contribution in [3.63, 3.8) is 0 Å². The van der Waals surface area contributed by atoms with Gasteiger partial charge in [0, 0.05) is 31.0 Å². The van der Waals surface area contributed by atoms with Gasteiger partial charge in [0.15, 0.2) is 0 Å². The van der Waals surface area contributed by atoms with Crippen molar-refractivity contribution < 1.29 is 9.53 Å². The first kappa shape index (κ1) is 16.0. The first-order valence-electron chi connectivity index (χ1n) is 8.37. The summed E-state index contributed by atoms with van der Waals surface area (Å²) in [7, 11) is 0. The van der Waals surface area contributed by atoms with E-state index in [0.717, 1.165) is 36.7 Å². The summed E-state index contributed by atoms with van der Waals surface area (Å²) in [4.78, 5) is 12.3. The molecular weight excluding hydrogens is 290 g/mol. The zero-order valence-electron chi connectivity index (χ0n) is 13.9. The van der Waals surface area contributed by atoms with Gasteiger partial charge in [-0.1, -0.05) is 18.2 Å². The van der Waals surface area contributed by atoms with Crippen molar-refractivity contribution in [3.8, 4) is 0 Å². The molecule has 23 heavy (non-hydrogen) atoms. The number of nitrogens with zero attached hydrogens (tertiary/aromatic N) is 2. The summed E-state index contributed by atoms with van der Waals surface area (Å²) in [5.41, 5.74) is 0.957. The van der Waals surface area contributed by atoms with Crippen molar-refractivity contribution in [2.75, 3.05) is 13.2 Å². The van der Waals surface area contributed by atoms with Crippen molar-refractivity contribution in [3.05, 3.63) is 30.5 Å². The molecule has 2 aromatic rings. The average molecular weight is 315 g/mol. The first-order chi connectivity index (χ1) is 11.1. The third-order valence-corrected chi connectivity index (χ3v) is 4.46. The topological polar surface area (TPSA) is 56.2 Å². The number of amides is 1. The molecule has 1 aliphatic heterocycles. The largest absolute Gasteiger partial charge is 0.376 e. The lowest BCUT2D eigenvalue weighted by molar-refractivity contribution is -0.135. The van der Waals surface area contributed by atoms with E-state index in [4.69, 9.17) is 4.74 Å². The lowest BCUT2D eigenvalue weighted by atomic mass is 9.88. The smallest absolute Gasteiger partial charge is 0.223 e. The summed E-state index contributed by atoms with van der Waals surface area (Å²) in [5.74, 6) is 0.232. The lowest BCUT2D eigenvalue weighted by Crippen LogP contribution is -2.41. The van der Waals surface area contributed by atoms with Gasteiger partial charge in [0.25, 0.3) is 0 Å². The molecule has 3 rings (SSSR count). The summed E-state index contributed by atoms with van der Waals surface area (Å²) in [6, 6.07) is 8.18. The van der Waals surface area contributed by atoms with E-state index in [1.807, 2.05) is 23.0 Å². The molecule has 124 valence electrons. The minimum absolute atomic E-state index is 0.0734. The van der Waals surface area contributed by atoms with E-state index in [1.165, 1.54) is 0 Å². The quantitative estimate of drug-likeness (QED) is 0.863. The molecule has 1 saturated heterocycles. The van der Waals surface area contributed by atoms with Gasteiger partial charge in [0.2, 0.25) is 5.91 Å². The predicted octanol–water partition coefficient (Wildman–Crippen LogP) is 2.75. The van der Waals surface area contributed by atoms with E-state index in [9.17, 15) is 4.79 Å². The van der Waals surface area contributed by atoms with Gasteiger partial charge in [-0.05, 0) is 39.2 Å². The van der Waals surface area contributed by atoms with E-state index in [1.54, 1.807) is 0 Å². The maximum absolute atomic E-state index is 12.3. The molecule has 0 radical (unpaired) electrons. The minimum Gasteiger partial charge on any atom is -0.376 e. The third kappa shape index (κ3) is 3.91. The van der Waals surface area contributed by atoms with E-state index in [-0.39, 0.29) is 17.4 Å². The molecule has 0 bridgehead atoms. The van der Waals surface area contributed by atoms with Gasteiger partial charge in [0.05, 0.1) is 17.3 Å². The second-order valence-electron chi connectivity index (χ2n) is 6.87. The number of carbonyl (C=O) groups is 1. The monoisotopic (exact) mass is 315 g/mol. The Balaban J connectivity index is 1.45. The highest BCUT2D eigenvalue weighted by atomic mass is 16.5. The number of rotatable bonds is 5. The zero-order chi connectivity index (χ0) is 16.3. The van der Waals surface area contributed by atoms with Crippen LogP contribution in [0.1, 0.15) is 33.1 Å². The maximum atomic E-state index is 12.3. The molecule has 1 aliphatic rings. The molecule has 5 nitrogen and oxygen atoms in total. The van der Waals surface area contributed by atoms with E-state index in [2.05, 4.69) is 36.4 Å². The van der Waals surface area contributed by atoms with Crippen LogP contribution in [0.3, 0.4) is 0 Å². The fraction of sp³-hybridized carbons (Fsp3) is 0.556. The summed E-state index contributed by atoms with van der Waals surface area (Å²) in [6.45, 7) is 6.27. The van der Waals surface area contributed by atoms with Crippen molar-refractivity contribution in [2.24, 2.45) is 5.92 Å². The van der Waals surface area contributed by atoms with Gasteiger partial charge < -0.3 is 10.1 Å². The number of nitrogens with one attached hydrogen (secondary N) is 1. The fourth-order valence-electron chi connectivity index (χ4n) is 3.24. The standard InChI is InChI=1S/C18H25N3O2/c1-18(2)12-14(8-11-23-18)17(22)19-9-5-10-21-16-7-4-3-6-15(16)13-20-21/h3-4,6-7,13-14H,5,8-12H2,1-2H3,(H,19,22)/t14-/m1/s1. The van der Waals surface area contributed by atoms with Gasteiger partial charge in [-0.3, -0.25) is 9.48 Å². The molecule has 1 amide bonds. The molecule has 1 N–H and O–H groups in total. The number of carbonyl (C=O) groups excluding carboxylic acids is 1. The van der Waals surface area contributed by atoms with Crippen LogP contribution in [-0.2, 0) is 16.1 Å². The van der Waals surface area contributed by atoms with Gasteiger partial charge in [-0.15, -0.1) is 0 Å². The Kier molecular flexibility index (Phi) is 4.66. The molecule has 5 heteroatoms. The highest BCUT2D eigenvalue weighted by Crippen LogP contribution is 2.28. The Labute approximate surface area is 137 Å². The molecule has 0 unspecified atom stereocenters. The second-order valence-corrected chi connectivity index (χ2v) is 6.87. The van der Waals surface area contributed by atoms with Crippen molar-refractivity contribution >= 4 is 16.8 Å². The SMILES string of the molecule is CC1(C)C[C@H](C(=O)NCCCn2ncc3ccccc32)CCO1. The highest BCUT2D eigenvalue weighted by Gasteiger charge is 2.32. The lowest BCUT2D eigenvalue weighted by Gasteiger charge is -2.34. The molecular formula is C18H25N3O2. The molecule has 1 atom stereocenters. The van der Waals surface area contributed by atoms with Gasteiger partial charge in [0.1, 0.15) is 0 Å². The Hall–Kier alpha value is -1.88. The number of fused-ring (bicyclic) bond motifs is 1. The highest BCUT2D eigenvalue weighted by molar-refractivity contribution is 5.79. The summed E-state index contributed by atoms with van der Waals surface area (Å²) >= 11 is 0. The molecule has 1 aromatic heterocycles. The summed E-state index contributed by atoms with van der Waals surface area (Å²) in [6.07, 6.45) is 4.38. The van der Waals surface area contributed by atoms with Crippen LogP contribution in [-0.4, -0.2) is 34.4 Å². The van der Waals surface area contributed by atoms with Crippen molar-refractivity contribution in [2.45, 2.75) is 45.3 Å². The van der Waals surface area contributed by atoms with Crippen molar-refractivity contribution in [1.29, 1.82) is 0 Å². The van der Waals surface area contributed by atoms with Crippen LogP contribution in [0.15, 0.2) is 30.5 Å². The van der Waals surface area contributed by atoms with E-state index >= 15 is 0 Å². The molecule has 0 spiro atoms. The second kappa shape index (κ2) is 6.71. The van der Waals surface area contributed by atoms with Crippen molar-refractivity contribution in [1.82, 2.24) is 15.1 Å². The maximum Gasteiger partial charge on any atom is 0.223 e. The third-order valence-electron chi connectivity index (χ3n) is 4.46. The van der Waals surface area contributed by atoms with Crippen LogP contribution >= 0.6 is 0 Å². The number of aryl methyl sites for hydroxylation is 1. The summed E-state index contributed by atoms with van der Waals surface area (Å²) < 4.78 is 7.67. The molecule has 0 saturated carbocycles. The zero-order valence-corrected chi connectivity index (χ0v) is 13.9. The van der Waals surface area contributed by atoms with Crippen LogP contribution in [0.25, 0.3) is 10.9 Å². The first-order valence-corrected chi connectivity index (χ1v) is 8.37. The minimum atomic E-state index is -0.186. The fourth-order valence-corrected chi connectivity index (χ4v) is 3.24. The number of benzene rings is 1. The van der Waals surface area contributed by atoms with E-state index in [0.29, 0.717) is 13.2 Å². The van der Waals surface area contributed by atoms with Gasteiger partial charge in [-0.25, -0.2) is 0 Å². The van der Waals surface area contributed by atoms with Crippen LogP contribution in [0, 0.1) is 5.92 Å². The Morgan fingerprint density at radius 3 is 3.09 bits per heavy atom. The number of para-hydroxylation sites is 1. The number of hydrogen-bond acceptors (Lipinski definition) is 3. The number of hydrogen-bond donors (Lipinski definition) is 1. The van der Waals surface area contributed by atoms with Gasteiger partial charge in [-0.2, -0.15) is 5.10 Å². The van der Waals surface area contributed by atoms with Crippen LogP contribution in [0.4, 0.5) is 0 Å². The van der Waals surface area contributed by atoms with Crippen LogP contribution in [0.2, 0.25) is 0 Å². The molecule has 2 heterocycles. The number of aromatic nitrogens is 2.